The van der Waals surface area contributed by atoms with Gasteiger partial charge in [0, 0.05) is 18.3 Å². The second-order valence-electron chi connectivity index (χ2n) is 4.12. The summed E-state index contributed by atoms with van der Waals surface area (Å²) in [6, 6.07) is 14.8. The van der Waals surface area contributed by atoms with E-state index in [9.17, 15) is 13.2 Å². The molecular formula is C14H12NO4S. The molecule has 0 aliphatic heterocycles. The van der Waals surface area contributed by atoms with Crippen molar-refractivity contribution in [1.29, 1.82) is 0 Å². The van der Waals surface area contributed by atoms with E-state index in [1.165, 1.54) is 29.2 Å². The van der Waals surface area contributed by atoms with Gasteiger partial charge in [-0.1, -0.05) is 12.1 Å². The molecule has 0 heterocycles. The second-order valence-corrected chi connectivity index (χ2v) is 5.54. The van der Waals surface area contributed by atoms with Crippen molar-refractivity contribution in [3.05, 3.63) is 60.2 Å². The van der Waals surface area contributed by atoms with Crippen molar-refractivity contribution in [2.75, 3.05) is 11.9 Å². The standard InChI is InChI=1S/C14H12NO4S/c1-15(14(16)11-5-3-2-4-6-11)12-7-9-13(10-8-12)20(17,18)19/h3-10H,1H3,(H,17,18,19). The van der Waals surface area contributed by atoms with Gasteiger partial charge >= 0.3 is 0 Å². The van der Waals surface area contributed by atoms with Crippen LogP contribution in [0, 0.1) is 6.07 Å². The number of carbonyl (C=O) groups is 1. The van der Waals surface area contributed by atoms with Crippen molar-refractivity contribution < 1.29 is 17.8 Å². The van der Waals surface area contributed by atoms with Crippen LogP contribution in [-0.4, -0.2) is 25.9 Å². The summed E-state index contributed by atoms with van der Waals surface area (Å²) in [4.78, 5) is 13.4. The molecule has 0 fully saturated rings. The maximum absolute atomic E-state index is 12.2. The van der Waals surface area contributed by atoms with Gasteiger partial charge in [-0.25, -0.2) is 0 Å². The van der Waals surface area contributed by atoms with Crippen molar-refractivity contribution >= 4 is 21.7 Å². The van der Waals surface area contributed by atoms with Gasteiger partial charge < -0.3 is 4.90 Å². The monoisotopic (exact) mass is 290 g/mol. The van der Waals surface area contributed by atoms with E-state index in [2.05, 4.69) is 6.07 Å². The lowest BCUT2D eigenvalue weighted by Crippen LogP contribution is -2.26. The quantitative estimate of drug-likeness (QED) is 0.877. The molecule has 0 bridgehead atoms. The summed E-state index contributed by atoms with van der Waals surface area (Å²) in [5, 5.41) is 0. The molecule has 0 aliphatic rings. The molecule has 2 rings (SSSR count). The van der Waals surface area contributed by atoms with Gasteiger partial charge in [-0.2, -0.15) is 8.42 Å². The molecule has 1 amide bonds. The van der Waals surface area contributed by atoms with Crippen LogP contribution in [0.3, 0.4) is 0 Å². The summed E-state index contributed by atoms with van der Waals surface area (Å²) in [6.45, 7) is 0. The molecule has 0 aliphatic carbocycles. The Balaban J connectivity index is 2.26. The predicted molar refractivity (Wildman–Crippen MR) is 74.3 cm³/mol. The molecule has 0 unspecified atom stereocenters. The Bertz CT molecular complexity index is 709. The van der Waals surface area contributed by atoms with Crippen LogP contribution in [0.4, 0.5) is 5.69 Å². The van der Waals surface area contributed by atoms with Gasteiger partial charge in [-0.15, -0.1) is 0 Å². The average molecular weight is 290 g/mol. The maximum Gasteiger partial charge on any atom is 0.294 e. The molecule has 0 saturated heterocycles. The Morgan fingerprint density at radius 2 is 1.65 bits per heavy atom. The van der Waals surface area contributed by atoms with Crippen molar-refractivity contribution in [1.82, 2.24) is 0 Å². The van der Waals surface area contributed by atoms with Gasteiger partial charge in [-0.3, -0.25) is 9.35 Å². The fourth-order valence-corrected chi connectivity index (χ4v) is 2.16. The van der Waals surface area contributed by atoms with Crippen molar-refractivity contribution in [3.63, 3.8) is 0 Å². The first-order chi connectivity index (χ1) is 9.39. The van der Waals surface area contributed by atoms with Crippen LogP contribution >= 0.6 is 0 Å². The zero-order valence-electron chi connectivity index (χ0n) is 10.6. The van der Waals surface area contributed by atoms with Crippen molar-refractivity contribution in [2.45, 2.75) is 4.90 Å². The maximum atomic E-state index is 12.2. The molecule has 2 aromatic carbocycles. The first-order valence-electron chi connectivity index (χ1n) is 5.71. The fraction of sp³-hybridized carbons (Fsp3) is 0.0714. The highest BCUT2D eigenvalue weighted by Crippen LogP contribution is 2.18. The summed E-state index contributed by atoms with van der Waals surface area (Å²) < 4.78 is 30.8. The van der Waals surface area contributed by atoms with Gasteiger partial charge in [0.25, 0.3) is 16.0 Å². The summed E-state index contributed by atoms with van der Waals surface area (Å²) in [5.41, 5.74) is 1.03. The lowest BCUT2D eigenvalue weighted by molar-refractivity contribution is 0.0993. The molecule has 2 aromatic rings. The fourth-order valence-electron chi connectivity index (χ4n) is 1.68. The summed E-state index contributed by atoms with van der Waals surface area (Å²) in [5.74, 6) is -0.224. The van der Waals surface area contributed by atoms with E-state index in [-0.39, 0.29) is 10.8 Å². The molecule has 0 spiro atoms. The number of carbonyl (C=O) groups excluding carboxylic acids is 1. The van der Waals surface area contributed by atoms with E-state index in [1.807, 2.05) is 0 Å². The van der Waals surface area contributed by atoms with Crippen molar-refractivity contribution in [3.8, 4) is 0 Å². The minimum Gasteiger partial charge on any atom is -0.311 e. The highest BCUT2D eigenvalue weighted by atomic mass is 32.2. The Hall–Kier alpha value is -2.18. The van der Waals surface area contributed by atoms with Crippen LogP contribution in [0.25, 0.3) is 0 Å². The number of hydrogen-bond acceptors (Lipinski definition) is 3. The number of amides is 1. The molecule has 1 N–H and O–H groups in total. The lowest BCUT2D eigenvalue weighted by Gasteiger charge is -2.17. The Kier molecular flexibility index (Phi) is 3.87. The Morgan fingerprint density at radius 3 is 2.15 bits per heavy atom. The topological polar surface area (TPSA) is 74.7 Å². The van der Waals surface area contributed by atoms with E-state index >= 15 is 0 Å². The molecule has 6 heteroatoms. The number of anilines is 1. The van der Waals surface area contributed by atoms with Gasteiger partial charge in [0.1, 0.15) is 0 Å². The predicted octanol–water partition coefficient (Wildman–Crippen LogP) is 2.01. The molecule has 0 aromatic heterocycles. The van der Waals surface area contributed by atoms with E-state index < -0.39 is 10.1 Å². The van der Waals surface area contributed by atoms with Crippen LogP contribution in [0.1, 0.15) is 10.4 Å². The third-order valence-electron chi connectivity index (χ3n) is 2.79. The summed E-state index contributed by atoms with van der Waals surface area (Å²) in [6.07, 6.45) is 0. The SMILES string of the molecule is CN(C(=O)c1cc[c]cc1)c1ccc(S(=O)(=O)O)cc1. The average Bonchev–Trinajstić information content (AvgIpc) is 2.46. The van der Waals surface area contributed by atoms with Gasteiger partial charge in [0.2, 0.25) is 0 Å². The van der Waals surface area contributed by atoms with Crippen LogP contribution in [-0.2, 0) is 10.1 Å². The normalized spacial score (nSPS) is 11.1. The molecule has 1 radical (unpaired) electrons. The molecular weight excluding hydrogens is 278 g/mol. The number of nitrogens with zero attached hydrogens (tertiary/aromatic N) is 1. The minimum absolute atomic E-state index is 0.212. The van der Waals surface area contributed by atoms with Gasteiger partial charge in [0.15, 0.2) is 0 Å². The van der Waals surface area contributed by atoms with E-state index in [1.54, 1.807) is 31.3 Å². The lowest BCUT2D eigenvalue weighted by atomic mass is 10.2. The van der Waals surface area contributed by atoms with Crippen molar-refractivity contribution in [2.24, 2.45) is 0 Å². The van der Waals surface area contributed by atoms with E-state index in [0.29, 0.717) is 11.3 Å². The third kappa shape index (κ3) is 3.04. The van der Waals surface area contributed by atoms with Crippen LogP contribution in [0.2, 0.25) is 0 Å². The first kappa shape index (κ1) is 14.2. The third-order valence-corrected chi connectivity index (χ3v) is 3.66. The highest BCUT2D eigenvalue weighted by Gasteiger charge is 2.14. The molecule has 0 saturated carbocycles. The Labute approximate surface area is 117 Å². The van der Waals surface area contributed by atoms with Crippen LogP contribution in [0.15, 0.2) is 53.4 Å². The van der Waals surface area contributed by atoms with E-state index in [4.69, 9.17) is 4.55 Å². The number of rotatable bonds is 3. The highest BCUT2D eigenvalue weighted by molar-refractivity contribution is 7.85. The van der Waals surface area contributed by atoms with E-state index in [0.717, 1.165) is 0 Å². The molecule has 0 atom stereocenters. The van der Waals surface area contributed by atoms with Crippen LogP contribution in [0.5, 0.6) is 0 Å². The van der Waals surface area contributed by atoms with Crippen LogP contribution < -0.4 is 4.90 Å². The summed E-state index contributed by atoms with van der Waals surface area (Å²) in [7, 11) is -2.64. The van der Waals surface area contributed by atoms with Gasteiger partial charge in [-0.05, 0) is 42.5 Å². The zero-order chi connectivity index (χ0) is 14.8. The zero-order valence-corrected chi connectivity index (χ0v) is 11.5. The number of benzene rings is 2. The van der Waals surface area contributed by atoms with Gasteiger partial charge in [0.05, 0.1) is 4.90 Å². The number of hydrogen-bond donors (Lipinski definition) is 1. The summed E-state index contributed by atoms with van der Waals surface area (Å²) >= 11 is 0. The first-order valence-corrected chi connectivity index (χ1v) is 7.15. The second kappa shape index (κ2) is 5.44. The largest absolute Gasteiger partial charge is 0.311 e. The molecule has 103 valence electrons. The minimum atomic E-state index is -4.23. The smallest absolute Gasteiger partial charge is 0.294 e. The molecule has 20 heavy (non-hydrogen) atoms. The molecule has 5 nitrogen and oxygen atoms in total. The Morgan fingerprint density at radius 1 is 1.10 bits per heavy atom.